The molecule has 0 aromatic carbocycles. The number of hydrogen-bond acceptors (Lipinski definition) is 15. The Bertz CT molecular complexity index is 2250. The quantitative estimate of drug-likeness (QED) is 0.0169. The lowest BCUT2D eigenvalue weighted by molar-refractivity contribution is -0.161. The summed E-state index contributed by atoms with van der Waals surface area (Å²) in [5.74, 6) is -2.23. The van der Waals surface area contributed by atoms with Gasteiger partial charge in [-0.3, -0.25) is 37.3 Å². The van der Waals surface area contributed by atoms with Crippen LogP contribution in [0, 0.1) is 0 Å². The van der Waals surface area contributed by atoms with Crippen molar-refractivity contribution in [2.75, 3.05) is 39.6 Å². The van der Waals surface area contributed by atoms with Gasteiger partial charge in [-0.1, -0.05) is 246 Å². The third-order valence-corrected chi connectivity index (χ3v) is 17.1. The first-order chi connectivity index (χ1) is 46.7. The second-order valence-electron chi connectivity index (χ2n) is 24.5. The van der Waals surface area contributed by atoms with Crippen molar-refractivity contribution in [3.05, 3.63) is 109 Å². The monoisotopic (exact) mass is 1390 g/mol. The summed E-state index contributed by atoms with van der Waals surface area (Å²) < 4.78 is 68.3. The van der Waals surface area contributed by atoms with Crippen LogP contribution in [0.25, 0.3) is 0 Å². The molecule has 17 nitrogen and oxygen atoms in total. The SMILES string of the molecule is CC/C=C\C/C=C\C/C=C\CCCCCCCCCC(=O)OCC(COP(=O)(O)OCC(O)COP(=O)(O)OCC(COC(=O)CCCCCCC/C=C\C/C=C\C/C=C\CC)OC(=O)CCCCCCC/C=C\CCCC)OC(=O)CCCCCCC/C=C\C/C=C\CCC. The molecule has 0 fully saturated rings. The molecule has 0 aliphatic rings. The average Bonchev–Trinajstić information content (AvgIpc) is 1.17. The van der Waals surface area contributed by atoms with Crippen LogP contribution in [-0.4, -0.2) is 96.7 Å². The van der Waals surface area contributed by atoms with Crippen LogP contribution in [0.15, 0.2) is 109 Å². The van der Waals surface area contributed by atoms with E-state index in [1.54, 1.807) is 0 Å². The van der Waals surface area contributed by atoms with Crippen molar-refractivity contribution < 1.29 is 80.2 Å². The predicted molar refractivity (Wildman–Crippen MR) is 390 cm³/mol. The number of phosphoric acid groups is 2. The van der Waals surface area contributed by atoms with E-state index in [9.17, 15) is 43.2 Å². The minimum Gasteiger partial charge on any atom is -0.462 e. The van der Waals surface area contributed by atoms with Gasteiger partial charge >= 0.3 is 39.5 Å². The summed E-state index contributed by atoms with van der Waals surface area (Å²) in [6.07, 6.45) is 72.3. The number of carbonyl (C=O) groups is 4. The molecule has 5 unspecified atom stereocenters. The zero-order chi connectivity index (χ0) is 70.4. The van der Waals surface area contributed by atoms with E-state index < -0.39 is 97.5 Å². The summed E-state index contributed by atoms with van der Waals surface area (Å²) in [6, 6.07) is 0. The number of aliphatic hydroxyl groups excluding tert-OH is 1. The fourth-order valence-electron chi connectivity index (χ4n) is 9.56. The molecule has 0 saturated carbocycles. The van der Waals surface area contributed by atoms with Gasteiger partial charge in [0.05, 0.1) is 26.4 Å². The molecule has 0 aliphatic heterocycles. The average molecular weight is 1390 g/mol. The van der Waals surface area contributed by atoms with E-state index in [0.29, 0.717) is 25.7 Å². The smallest absolute Gasteiger partial charge is 0.462 e. The first-order valence-electron chi connectivity index (χ1n) is 37.1. The Kier molecular flexibility index (Phi) is 66.1. The predicted octanol–water partition coefficient (Wildman–Crippen LogP) is 21.0. The fraction of sp³-hybridized carbons (Fsp3) is 0.714. The van der Waals surface area contributed by atoms with Gasteiger partial charge in [-0.15, -0.1) is 0 Å². The summed E-state index contributed by atoms with van der Waals surface area (Å²) >= 11 is 0. The summed E-state index contributed by atoms with van der Waals surface area (Å²) in [5.41, 5.74) is 0. The van der Waals surface area contributed by atoms with Gasteiger partial charge in [-0.25, -0.2) is 9.13 Å². The first-order valence-corrected chi connectivity index (χ1v) is 40.1. The molecule has 3 N–H and O–H groups in total. The number of rotatable bonds is 69. The number of ether oxygens (including phenoxy) is 4. The van der Waals surface area contributed by atoms with Crippen molar-refractivity contribution in [1.29, 1.82) is 0 Å². The van der Waals surface area contributed by atoms with E-state index in [4.69, 9.17) is 37.0 Å². The van der Waals surface area contributed by atoms with Crippen LogP contribution < -0.4 is 0 Å². The molecule has 0 heterocycles. The Hall–Kier alpha value is -4.28. The lowest BCUT2D eigenvalue weighted by Gasteiger charge is -2.21. The van der Waals surface area contributed by atoms with Crippen molar-refractivity contribution in [2.24, 2.45) is 0 Å². The molecular weight excluding hydrogens is 1260 g/mol. The molecule has 0 rings (SSSR count). The van der Waals surface area contributed by atoms with Crippen molar-refractivity contribution in [3.63, 3.8) is 0 Å². The highest BCUT2D eigenvalue weighted by molar-refractivity contribution is 7.47. The van der Waals surface area contributed by atoms with E-state index in [0.717, 1.165) is 205 Å². The highest BCUT2D eigenvalue weighted by atomic mass is 31.2. The molecule has 0 radical (unpaired) electrons. The van der Waals surface area contributed by atoms with Gasteiger partial charge in [0.25, 0.3) is 0 Å². The summed E-state index contributed by atoms with van der Waals surface area (Å²) in [5, 5.41) is 10.6. The maximum Gasteiger partial charge on any atom is 0.472 e. The van der Waals surface area contributed by atoms with Crippen LogP contribution in [0.3, 0.4) is 0 Å². The van der Waals surface area contributed by atoms with Crippen LogP contribution in [0.4, 0.5) is 0 Å². The molecule has 0 amide bonds. The highest BCUT2D eigenvalue weighted by Gasteiger charge is 2.30. The van der Waals surface area contributed by atoms with Gasteiger partial charge in [-0.2, -0.15) is 0 Å². The molecule has 0 aliphatic carbocycles. The molecule has 19 heteroatoms. The van der Waals surface area contributed by atoms with Crippen LogP contribution in [0.2, 0.25) is 0 Å². The van der Waals surface area contributed by atoms with Crippen LogP contribution in [0.1, 0.15) is 297 Å². The minimum absolute atomic E-state index is 0.0751. The second-order valence-corrected chi connectivity index (χ2v) is 27.4. The summed E-state index contributed by atoms with van der Waals surface area (Å²) in [4.78, 5) is 72.7. The number of phosphoric ester groups is 2. The number of carbonyl (C=O) groups excluding carboxylic acids is 4. The van der Waals surface area contributed by atoms with Gasteiger partial charge < -0.3 is 33.8 Å². The maximum absolute atomic E-state index is 13.1. The Morgan fingerprint density at radius 3 is 0.885 bits per heavy atom. The van der Waals surface area contributed by atoms with Crippen LogP contribution in [0.5, 0.6) is 0 Å². The first kappa shape index (κ1) is 91.7. The molecule has 96 heavy (non-hydrogen) atoms. The zero-order valence-electron chi connectivity index (χ0n) is 60.0. The Morgan fingerprint density at radius 2 is 0.562 bits per heavy atom. The minimum atomic E-state index is -4.98. The normalized spacial score (nSPS) is 14.6. The third-order valence-electron chi connectivity index (χ3n) is 15.2. The van der Waals surface area contributed by atoms with Gasteiger partial charge in [-0.05, 0) is 135 Å². The number of aliphatic hydroxyl groups is 1. The highest BCUT2D eigenvalue weighted by Crippen LogP contribution is 2.45. The largest absolute Gasteiger partial charge is 0.472 e. The van der Waals surface area contributed by atoms with Gasteiger partial charge in [0.1, 0.15) is 19.3 Å². The number of esters is 4. The standard InChI is InChI=1S/C77H132O17P2/c1-5-9-13-17-21-25-29-32-34-35-37-40-43-46-50-54-58-62-75(80)88-68-73(94-77(82)64-60-56-52-48-44-38-31-27-23-19-15-11-7-3)70-92-96(85,86)90-66-71(78)65-89-95(83,84)91-69-72(93-76(81)63-59-55-51-47-41-28-24-20-16-12-8-4)67-87-74(79)61-57-53-49-45-42-39-36-33-30-26-22-18-14-10-6-2/h9-10,13-15,19-22,24-27,31-34,36,71-73,78H,5-8,11-12,16-18,23,28-30,35,37-70H2,1-4H3,(H,83,84)(H,85,86)/b13-9-,14-10-,19-15-,24-20-,25-21-,26-22-,31-27-,34-32-,36-33-. The van der Waals surface area contributed by atoms with Crippen molar-refractivity contribution in [1.82, 2.24) is 0 Å². The zero-order valence-corrected chi connectivity index (χ0v) is 61.8. The van der Waals surface area contributed by atoms with E-state index in [-0.39, 0.29) is 25.7 Å². The van der Waals surface area contributed by atoms with Crippen molar-refractivity contribution >= 4 is 39.5 Å². The van der Waals surface area contributed by atoms with Crippen LogP contribution >= 0.6 is 15.6 Å². The Balaban J connectivity index is 5.33. The van der Waals surface area contributed by atoms with E-state index in [2.05, 4.69) is 137 Å². The number of unbranched alkanes of at least 4 members (excludes halogenated alkanes) is 25. The molecular formula is C77H132O17P2. The maximum atomic E-state index is 13.1. The second kappa shape index (κ2) is 69.2. The van der Waals surface area contributed by atoms with E-state index >= 15 is 0 Å². The molecule has 0 aromatic heterocycles. The molecule has 5 atom stereocenters. The van der Waals surface area contributed by atoms with Gasteiger partial charge in [0.15, 0.2) is 12.2 Å². The lowest BCUT2D eigenvalue weighted by Crippen LogP contribution is -2.30. The summed E-state index contributed by atoms with van der Waals surface area (Å²) in [7, 11) is -9.95. The molecule has 552 valence electrons. The Labute approximate surface area is 581 Å². The molecule has 0 bridgehead atoms. The van der Waals surface area contributed by atoms with E-state index in [1.165, 1.54) is 12.8 Å². The topological polar surface area (TPSA) is 237 Å². The van der Waals surface area contributed by atoms with Crippen LogP contribution in [-0.2, 0) is 65.4 Å². The number of hydrogen-bond donors (Lipinski definition) is 3. The molecule has 0 spiro atoms. The summed E-state index contributed by atoms with van der Waals surface area (Å²) in [6.45, 7) is 4.49. The molecule has 0 saturated heterocycles. The van der Waals surface area contributed by atoms with Crippen molar-refractivity contribution in [2.45, 2.75) is 316 Å². The van der Waals surface area contributed by atoms with Gasteiger partial charge in [0.2, 0.25) is 0 Å². The molecule has 0 aromatic rings. The number of allylic oxidation sites excluding steroid dienone is 18. The third kappa shape index (κ3) is 68.3. The lowest BCUT2D eigenvalue weighted by atomic mass is 10.1. The Morgan fingerprint density at radius 1 is 0.302 bits per heavy atom. The van der Waals surface area contributed by atoms with E-state index in [1.807, 2.05) is 0 Å². The van der Waals surface area contributed by atoms with Gasteiger partial charge in [0, 0.05) is 25.7 Å². The fourth-order valence-corrected chi connectivity index (χ4v) is 11.1. The van der Waals surface area contributed by atoms with Crippen molar-refractivity contribution in [3.8, 4) is 0 Å².